The fraction of sp³-hybridized carbons (Fsp3) is 0.562. The Morgan fingerprint density at radius 2 is 2.05 bits per heavy atom. The van der Waals surface area contributed by atoms with Gasteiger partial charge in [-0.2, -0.15) is 0 Å². The Labute approximate surface area is 114 Å². The van der Waals surface area contributed by atoms with Gasteiger partial charge in [0.25, 0.3) is 0 Å². The predicted molar refractivity (Wildman–Crippen MR) is 73.7 cm³/mol. The van der Waals surface area contributed by atoms with Crippen molar-refractivity contribution in [1.82, 2.24) is 0 Å². The van der Waals surface area contributed by atoms with E-state index in [0.29, 0.717) is 12.5 Å². The second-order valence-corrected chi connectivity index (χ2v) is 5.20. The summed E-state index contributed by atoms with van der Waals surface area (Å²) in [6.45, 7) is 2.41. The average Bonchev–Trinajstić information content (AvgIpc) is 2.48. The summed E-state index contributed by atoms with van der Waals surface area (Å²) in [4.78, 5) is 11.7. The lowest BCUT2D eigenvalue weighted by atomic mass is 9.78. The molecule has 0 aliphatic heterocycles. The van der Waals surface area contributed by atoms with Gasteiger partial charge in [0.15, 0.2) is 0 Å². The van der Waals surface area contributed by atoms with Crippen LogP contribution in [0.4, 0.5) is 0 Å². The first kappa shape index (κ1) is 14.1. The number of esters is 1. The van der Waals surface area contributed by atoms with E-state index >= 15 is 0 Å². The second kappa shape index (κ2) is 6.71. The Morgan fingerprint density at radius 3 is 2.68 bits per heavy atom. The molecule has 0 spiro atoms. The summed E-state index contributed by atoms with van der Waals surface area (Å²) in [6.07, 6.45) is 3.87. The maximum absolute atomic E-state index is 11.7. The summed E-state index contributed by atoms with van der Waals surface area (Å²) in [5.41, 5.74) is 2.25. The van der Waals surface area contributed by atoms with Gasteiger partial charge in [0.1, 0.15) is 0 Å². The lowest BCUT2D eigenvalue weighted by Gasteiger charge is -2.27. The third-order valence-electron chi connectivity index (χ3n) is 3.95. The van der Waals surface area contributed by atoms with Crippen molar-refractivity contribution in [3.8, 4) is 0 Å². The Kier molecular flexibility index (Phi) is 4.97. The lowest BCUT2D eigenvalue weighted by molar-refractivity contribution is -0.149. The van der Waals surface area contributed by atoms with E-state index in [2.05, 4.69) is 12.1 Å². The van der Waals surface area contributed by atoms with Crippen molar-refractivity contribution >= 4 is 5.97 Å². The van der Waals surface area contributed by atoms with Crippen molar-refractivity contribution in [1.29, 1.82) is 0 Å². The zero-order chi connectivity index (χ0) is 13.7. The van der Waals surface area contributed by atoms with Crippen LogP contribution in [0.15, 0.2) is 24.3 Å². The number of aliphatic hydroxyl groups is 1. The molecule has 1 aliphatic rings. The maximum atomic E-state index is 11.7. The molecule has 0 bridgehead atoms. The van der Waals surface area contributed by atoms with Gasteiger partial charge in [0.2, 0.25) is 0 Å². The van der Waals surface area contributed by atoms with Gasteiger partial charge in [-0.25, -0.2) is 0 Å². The molecule has 3 nitrogen and oxygen atoms in total. The molecule has 0 unspecified atom stereocenters. The van der Waals surface area contributed by atoms with Crippen LogP contribution in [0, 0.1) is 5.92 Å². The van der Waals surface area contributed by atoms with Gasteiger partial charge in [-0.05, 0) is 49.7 Å². The largest absolute Gasteiger partial charge is 0.466 e. The first-order chi connectivity index (χ1) is 9.24. The number of rotatable bonds is 4. The zero-order valence-electron chi connectivity index (χ0n) is 11.5. The summed E-state index contributed by atoms with van der Waals surface area (Å²) >= 11 is 0. The number of carbonyl (C=O) groups excluding carboxylic acids is 1. The van der Waals surface area contributed by atoms with Crippen LogP contribution < -0.4 is 0 Å². The van der Waals surface area contributed by atoms with Crippen molar-refractivity contribution < 1.29 is 14.6 Å². The molecule has 0 radical (unpaired) electrons. The van der Waals surface area contributed by atoms with Crippen LogP contribution in [0.1, 0.15) is 49.7 Å². The molecular formula is C16H22O3. The highest BCUT2D eigenvalue weighted by atomic mass is 16.5. The topological polar surface area (TPSA) is 46.5 Å². The number of ether oxygens (including phenoxy) is 1. The highest BCUT2D eigenvalue weighted by Gasteiger charge is 2.27. The van der Waals surface area contributed by atoms with Crippen molar-refractivity contribution in [3.05, 3.63) is 35.4 Å². The molecule has 0 aromatic heterocycles. The van der Waals surface area contributed by atoms with Crippen LogP contribution in [0.25, 0.3) is 0 Å². The van der Waals surface area contributed by atoms with E-state index in [0.717, 1.165) is 31.2 Å². The van der Waals surface area contributed by atoms with E-state index in [9.17, 15) is 9.90 Å². The van der Waals surface area contributed by atoms with Gasteiger partial charge in [-0.1, -0.05) is 24.3 Å². The van der Waals surface area contributed by atoms with E-state index in [1.54, 1.807) is 0 Å². The number of aliphatic hydroxyl groups excluding tert-OH is 1. The molecule has 1 aliphatic carbocycles. The Morgan fingerprint density at radius 1 is 1.32 bits per heavy atom. The van der Waals surface area contributed by atoms with Gasteiger partial charge in [-0.15, -0.1) is 0 Å². The van der Waals surface area contributed by atoms with Gasteiger partial charge in [0, 0.05) is 0 Å². The molecule has 104 valence electrons. The van der Waals surface area contributed by atoms with Gasteiger partial charge < -0.3 is 9.84 Å². The predicted octanol–water partition coefficient (Wildman–Crippen LogP) is 3.02. The molecule has 1 saturated carbocycles. The fourth-order valence-corrected chi connectivity index (χ4v) is 2.87. The lowest BCUT2D eigenvalue weighted by Crippen LogP contribution is -2.23. The van der Waals surface area contributed by atoms with E-state index in [1.165, 1.54) is 5.56 Å². The van der Waals surface area contributed by atoms with E-state index in [1.807, 2.05) is 19.1 Å². The van der Waals surface area contributed by atoms with Gasteiger partial charge in [-0.3, -0.25) is 4.79 Å². The molecule has 1 fully saturated rings. The number of benzene rings is 1. The standard InChI is InChI=1S/C16H22O3/c1-2-19-16(18)14-8-6-13(7-9-14)15-5-3-4-12(10-15)11-17/h3-5,10,13-14,17H,2,6-9,11H2,1H3. The maximum Gasteiger partial charge on any atom is 0.308 e. The molecule has 0 atom stereocenters. The normalized spacial score (nSPS) is 23.1. The van der Waals surface area contributed by atoms with E-state index < -0.39 is 0 Å². The fourth-order valence-electron chi connectivity index (χ4n) is 2.87. The van der Waals surface area contributed by atoms with Crippen molar-refractivity contribution in [2.24, 2.45) is 5.92 Å². The van der Waals surface area contributed by atoms with Crippen LogP contribution in [0.3, 0.4) is 0 Å². The molecule has 1 aromatic rings. The van der Waals surface area contributed by atoms with Gasteiger partial charge in [0.05, 0.1) is 19.1 Å². The van der Waals surface area contributed by atoms with Crippen molar-refractivity contribution in [2.45, 2.75) is 45.1 Å². The highest BCUT2D eigenvalue weighted by molar-refractivity contribution is 5.72. The molecule has 0 heterocycles. The minimum absolute atomic E-state index is 0.0370. The highest BCUT2D eigenvalue weighted by Crippen LogP contribution is 2.36. The summed E-state index contributed by atoms with van der Waals surface area (Å²) in [6, 6.07) is 8.13. The van der Waals surface area contributed by atoms with Crippen LogP contribution in [0.2, 0.25) is 0 Å². The van der Waals surface area contributed by atoms with Crippen LogP contribution >= 0.6 is 0 Å². The molecule has 2 rings (SSSR count). The van der Waals surface area contributed by atoms with Crippen LogP contribution in [-0.2, 0) is 16.1 Å². The average molecular weight is 262 g/mol. The molecule has 0 saturated heterocycles. The van der Waals surface area contributed by atoms with Crippen LogP contribution in [-0.4, -0.2) is 17.7 Å². The summed E-state index contributed by atoms with van der Waals surface area (Å²) < 4.78 is 5.09. The zero-order valence-corrected chi connectivity index (χ0v) is 11.5. The monoisotopic (exact) mass is 262 g/mol. The Balaban J connectivity index is 1.94. The SMILES string of the molecule is CCOC(=O)C1CCC(c2cccc(CO)c2)CC1. The molecular weight excluding hydrogens is 240 g/mol. The third-order valence-corrected chi connectivity index (χ3v) is 3.95. The van der Waals surface area contributed by atoms with E-state index in [-0.39, 0.29) is 18.5 Å². The third kappa shape index (κ3) is 3.57. The first-order valence-corrected chi connectivity index (χ1v) is 7.11. The molecule has 3 heteroatoms. The molecule has 0 amide bonds. The van der Waals surface area contributed by atoms with Crippen molar-refractivity contribution in [2.75, 3.05) is 6.61 Å². The summed E-state index contributed by atoms with van der Waals surface area (Å²) in [5, 5.41) is 9.17. The Hall–Kier alpha value is -1.35. The first-order valence-electron chi connectivity index (χ1n) is 7.11. The van der Waals surface area contributed by atoms with E-state index in [4.69, 9.17) is 4.74 Å². The minimum atomic E-state index is -0.0370. The summed E-state index contributed by atoms with van der Waals surface area (Å²) in [5.74, 6) is 0.555. The van der Waals surface area contributed by atoms with Crippen LogP contribution in [0.5, 0.6) is 0 Å². The minimum Gasteiger partial charge on any atom is -0.466 e. The Bertz CT molecular complexity index is 420. The molecule has 19 heavy (non-hydrogen) atoms. The molecule has 1 N–H and O–H groups in total. The number of hydrogen-bond acceptors (Lipinski definition) is 3. The van der Waals surface area contributed by atoms with Crippen molar-refractivity contribution in [3.63, 3.8) is 0 Å². The van der Waals surface area contributed by atoms with Gasteiger partial charge >= 0.3 is 5.97 Å². The number of carbonyl (C=O) groups is 1. The second-order valence-electron chi connectivity index (χ2n) is 5.20. The quantitative estimate of drug-likeness (QED) is 0.848. The summed E-state index contributed by atoms with van der Waals surface area (Å²) in [7, 11) is 0. The molecule has 1 aromatic carbocycles. The smallest absolute Gasteiger partial charge is 0.308 e. The number of hydrogen-bond donors (Lipinski definition) is 1.